The Morgan fingerprint density at radius 2 is 1.96 bits per heavy atom. The van der Waals surface area contributed by atoms with Crippen molar-refractivity contribution in [3.8, 4) is 11.3 Å². The summed E-state index contributed by atoms with van der Waals surface area (Å²) in [5, 5.41) is 4.76. The number of rotatable bonds is 4. The third kappa shape index (κ3) is 3.78. The summed E-state index contributed by atoms with van der Waals surface area (Å²) < 4.78 is 11.0. The lowest BCUT2D eigenvalue weighted by Crippen LogP contribution is -2.17. The zero-order valence-electron chi connectivity index (χ0n) is 13.5. The number of aryl methyl sites for hydroxylation is 2. The molecular weight excluding hydrogens is 363 g/mol. The number of nitrogens with zero attached hydrogens (tertiary/aromatic N) is 1. The van der Waals surface area contributed by atoms with Crippen molar-refractivity contribution < 1.29 is 13.6 Å². The van der Waals surface area contributed by atoms with Crippen molar-refractivity contribution in [1.82, 2.24) is 5.43 Å². The normalized spacial score (nSPS) is 11.2. The fourth-order valence-corrected chi connectivity index (χ4v) is 2.73. The minimum absolute atomic E-state index is 0.352. The van der Waals surface area contributed by atoms with E-state index in [0.717, 1.165) is 0 Å². The summed E-state index contributed by atoms with van der Waals surface area (Å²) in [6.07, 6.45) is 1.40. The van der Waals surface area contributed by atoms with Crippen molar-refractivity contribution in [2.24, 2.45) is 5.10 Å². The maximum atomic E-state index is 12.0. The van der Waals surface area contributed by atoms with Crippen LogP contribution in [0.25, 0.3) is 11.3 Å². The van der Waals surface area contributed by atoms with E-state index in [2.05, 4.69) is 10.5 Å². The van der Waals surface area contributed by atoms with Gasteiger partial charge in [-0.1, -0.05) is 29.3 Å². The standard InChI is InChI=1S/C18H14Cl2N2O3/c1-10-8-14(11(2)24-10)18(23)22-21-9-12-6-7-16(25-12)13-4-3-5-15(19)17(13)20/h3-9H,1-2H3,(H,22,23)/b21-9-. The summed E-state index contributed by atoms with van der Waals surface area (Å²) in [6, 6.07) is 10.4. The van der Waals surface area contributed by atoms with E-state index < -0.39 is 0 Å². The third-order valence-corrected chi connectivity index (χ3v) is 4.31. The molecule has 7 heteroatoms. The molecule has 0 unspecified atom stereocenters. The van der Waals surface area contributed by atoms with Crippen molar-refractivity contribution in [2.45, 2.75) is 13.8 Å². The Morgan fingerprint density at radius 3 is 2.68 bits per heavy atom. The SMILES string of the molecule is Cc1cc(C(=O)N/N=C\c2ccc(-c3cccc(Cl)c3Cl)o2)c(C)o1. The van der Waals surface area contributed by atoms with Crippen LogP contribution in [0.5, 0.6) is 0 Å². The molecule has 0 atom stereocenters. The molecule has 0 aliphatic rings. The van der Waals surface area contributed by atoms with E-state index in [1.54, 1.807) is 50.2 Å². The second kappa shape index (κ2) is 7.17. The van der Waals surface area contributed by atoms with Gasteiger partial charge in [0.2, 0.25) is 0 Å². The molecule has 0 spiro atoms. The van der Waals surface area contributed by atoms with E-state index in [9.17, 15) is 4.79 Å². The van der Waals surface area contributed by atoms with Gasteiger partial charge < -0.3 is 8.83 Å². The lowest BCUT2D eigenvalue weighted by molar-refractivity contribution is 0.0953. The molecule has 0 bridgehead atoms. The number of benzene rings is 1. The molecule has 2 aromatic heterocycles. The van der Waals surface area contributed by atoms with Crippen molar-refractivity contribution in [3.63, 3.8) is 0 Å². The maximum Gasteiger partial charge on any atom is 0.274 e. The summed E-state index contributed by atoms with van der Waals surface area (Å²) in [5.41, 5.74) is 3.56. The van der Waals surface area contributed by atoms with Gasteiger partial charge in [0.15, 0.2) is 0 Å². The number of carbonyl (C=O) groups excluding carboxylic acids is 1. The molecule has 0 saturated heterocycles. The number of hydrazone groups is 1. The maximum absolute atomic E-state index is 12.0. The van der Waals surface area contributed by atoms with Gasteiger partial charge in [0.1, 0.15) is 23.0 Å². The molecule has 0 aliphatic carbocycles. The van der Waals surface area contributed by atoms with Crippen LogP contribution in [-0.4, -0.2) is 12.1 Å². The van der Waals surface area contributed by atoms with Crippen molar-refractivity contribution >= 4 is 35.3 Å². The van der Waals surface area contributed by atoms with Gasteiger partial charge >= 0.3 is 0 Å². The lowest BCUT2D eigenvalue weighted by atomic mass is 10.2. The minimum Gasteiger partial charge on any atom is -0.466 e. The Labute approximate surface area is 154 Å². The number of halogens is 2. The smallest absolute Gasteiger partial charge is 0.274 e. The van der Waals surface area contributed by atoms with Gasteiger partial charge in [0.05, 0.1) is 21.8 Å². The van der Waals surface area contributed by atoms with Crippen molar-refractivity contribution in [3.05, 3.63) is 69.3 Å². The number of hydrogen-bond acceptors (Lipinski definition) is 4. The first-order valence-electron chi connectivity index (χ1n) is 7.40. The number of carbonyl (C=O) groups is 1. The van der Waals surface area contributed by atoms with E-state index in [4.69, 9.17) is 32.0 Å². The zero-order chi connectivity index (χ0) is 18.0. The molecule has 0 saturated carbocycles. The average Bonchev–Trinajstić information content (AvgIpc) is 3.16. The Balaban J connectivity index is 1.71. The van der Waals surface area contributed by atoms with Crippen LogP contribution in [0.4, 0.5) is 0 Å². The highest BCUT2D eigenvalue weighted by Crippen LogP contribution is 2.34. The fourth-order valence-electron chi connectivity index (χ4n) is 2.33. The highest BCUT2D eigenvalue weighted by molar-refractivity contribution is 6.43. The van der Waals surface area contributed by atoms with Crippen molar-refractivity contribution in [2.75, 3.05) is 0 Å². The average molecular weight is 377 g/mol. The van der Waals surface area contributed by atoms with Crippen LogP contribution in [0, 0.1) is 13.8 Å². The number of hydrogen-bond donors (Lipinski definition) is 1. The van der Waals surface area contributed by atoms with Gasteiger partial charge in [-0.3, -0.25) is 4.79 Å². The van der Waals surface area contributed by atoms with Gasteiger partial charge in [-0.25, -0.2) is 5.43 Å². The number of furan rings is 2. The summed E-state index contributed by atoms with van der Waals surface area (Å²) in [6.45, 7) is 3.50. The van der Waals surface area contributed by atoms with E-state index in [1.807, 2.05) is 0 Å². The zero-order valence-corrected chi connectivity index (χ0v) is 15.0. The van der Waals surface area contributed by atoms with Crippen LogP contribution in [0.1, 0.15) is 27.6 Å². The second-order valence-corrected chi connectivity index (χ2v) is 6.11. The first kappa shape index (κ1) is 17.3. The fraction of sp³-hybridized carbons (Fsp3) is 0.111. The topological polar surface area (TPSA) is 67.7 Å². The second-order valence-electron chi connectivity index (χ2n) is 5.33. The van der Waals surface area contributed by atoms with E-state index >= 15 is 0 Å². The quantitative estimate of drug-likeness (QED) is 0.500. The van der Waals surface area contributed by atoms with Gasteiger partial charge in [-0.2, -0.15) is 5.10 Å². The molecule has 128 valence electrons. The Morgan fingerprint density at radius 1 is 1.16 bits per heavy atom. The van der Waals surface area contributed by atoms with Crippen LogP contribution < -0.4 is 5.43 Å². The summed E-state index contributed by atoms with van der Waals surface area (Å²) in [5.74, 6) is 1.88. The molecule has 0 radical (unpaired) electrons. The molecule has 5 nitrogen and oxygen atoms in total. The molecule has 1 amide bonds. The first-order chi connectivity index (χ1) is 12.0. The molecule has 0 aliphatic heterocycles. The molecule has 2 heterocycles. The van der Waals surface area contributed by atoms with E-state index in [1.165, 1.54) is 6.21 Å². The first-order valence-corrected chi connectivity index (χ1v) is 8.16. The monoisotopic (exact) mass is 376 g/mol. The molecule has 1 aromatic carbocycles. The highest BCUT2D eigenvalue weighted by Gasteiger charge is 2.13. The number of amides is 1. The van der Waals surface area contributed by atoms with Gasteiger partial charge in [0, 0.05) is 5.56 Å². The highest BCUT2D eigenvalue weighted by atomic mass is 35.5. The molecule has 25 heavy (non-hydrogen) atoms. The summed E-state index contributed by atoms with van der Waals surface area (Å²) in [7, 11) is 0. The lowest BCUT2D eigenvalue weighted by Gasteiger charge is -2.01. The largest absolute Gasteiger partial charge is 0.466 e. The van der Waals surface area contributed by atoms with Crippen LogP contribution in [-0.2, 0) is 0 Å². The number of nitrogens with one attached hydrogen (secondary N) is 1. The molecule has 3 rings (SSSR count). The van der Waals surface area contributed by atoms with Crippen LogP contribution >= 0.6 is 23.2 Å². The molecular formula is C18H14Cl2N2O3. The Kier molecular flexibility index (Phi) is 4.97. The van der Waals surface area contributed by atoms with Crippen molar-refractivity contribution in [1.29, 1.82) is 0 Å². The summed E-state index contributed by atoms with van der Waals surface area (Å²) in [4.78, 5) is 12.0. The Bertz CT molecular complexity index is 957. The molecule has 3 aromatic rings. The third-order valence-electron chi connectivity index (χ3n) is 3.49. The molecule has 1 N–H and O–H groups in total. The van der Waals surface area contributed by atoms with Gasteiger partial charge in [-0.05, 0) is 44.2 Å². The summed E-state index contributed by atoms with van der Waals surface area (Å²) >= 11 is 12.2. The van der Waals surface area contributed by atoms with E-state index in [-0.39, 0.29) is 5.91 Å². The minimum atomic E-state index is -0.352. The molecule has 0 fully saturated rings. The van der Waals surface area contributed by atoms with E-state index in [0.29, 0.717) is 44.2 Å². The Hall–Kier alpha value is -2.50. The van der Waals surface area contributed by atoms with Gasteiger partial charge in [-0.15, -0.1) is 0 Å². The van der Waals surface area contributed by atoms with Crippen LogP contribution in [0.15, 0.2) is 50.3 Å². The predicted molar refractivity (Wildman–Crippen MR) is 97.4 cm³/mol. The predicted octanol–water partition coefficient (Wildman–Crippen LogP) is 5.23. The van der Waals surface area contributed by atoms with Crippen LogP contribution in [0.3, 0.4) is 0 Å². The van der Waals surface area contributed by atoms with Gasteiger partial charge in [0.25, 0.3) is 5.91 Å². The van der Waals surface area contributed by atoms with Crippen LogP contribution in [0.2, 0.25) is 10.0 Å².